The van der Waals surface area contributed by atoms with Crippen molar-refractivity contribution in [2.75, 3.05) is 5.32 Å². The van der Waals surface area contributed by atoms with E-state index in [4.69, 9.17) is 17.3 Å². The van der Waals surface area contributed by atoms with Gasteiger partial charge < -0.3 is 11.1 Å². The van der Waals surface area contributed by atoms with Gasteiger partial charge in [0.25, 0.3) is 0 Å². The highest BCUT2D eigenvalue weighted by molar-refractivity contribution is 9.10. The topological polar surface area (TPSA) is 55.1 Å². The molecule has 0 spiro atoms. The van der Waals surface area contributed by atoms with Gasteiger partial charge in [-0.15, -0.1) is 0 Å². The number of anilines is 1. The lowest BCUT2D eigenvalue weighted by molar-refractivity contribution is -0.116. The minimum atomic E-state index is -0.102. The van der Waals surface area contributed by atoms with E-state index in [0.29, 0.717) is 17.1 Å². The van der Waals surface area contributed by atoms with Crippen LogP contribution in [0.3, 0.4) is 0 Å². The summed E-state index contributed by atoms with van der Waals surface area (Å²) in [6.07, 6.45) is 2.15. The van der Waals surface area contributed by atoms with Crippen LogP contribution in [-0.2, 0) is 4.79 Å². The maximum absolute atomic E-state index is 11.7. The maximum Gasteiger partial charge on any atom is 0.225 e. The molecule has 0 saturated carbocycles. The molecule has 0 saturated heterocycles. The second-order valence-electron chi connectivity index (χ2n) is 3.93. The van der Waals surface area contributed by atoms with Crippen molar-refractivity contribution in [2.24, 2.45) is 5.73 Å². The number of hydrogen-bond acceptors (Lipinski definition) is 2. The number of benzene rings is 1. The fraction of sp³-hybridized carbons (Fsp3) is 0.417. The lowest BCUT2D eigenvalue weighted by atomic mass is 10.1. The molecule has 1 amide bonds. The first-order chi connectivity index (χ1) is 8.02. The molecule has 3 nitrogen and oxygen atoms in total. The maximum atomic E-state index is 11.7. The van der Waals surface area contributed by atoms with Gasteiger partial charge in [-0.3, -0.25) is 4.79 Å². The molecule has 94 valence electrons. The molecular weight excluding hydrogens is 304 g/mol. The summed E-state index contributed by atoms with van der Waals surface area (Å²) in [7, 11) is 0. The molecule has 0 aliphatic heterocycles. The van der Waals surface area contributed by atoms with E-state index in [1.807, 2.05) is 13.0 Å². The number of nitrogens with one attached hydrogen (secondary N) is 1. The fourth-order valence-corrected chi connectivity index (χ4v) is 2.22. The van der Waals surface area contributed by atoms with Crippen molar-refractivity contribution >= 4 is 39.1 Å². The second kappa shape index (κ2) is 6.99. The highest BCUT2D eigenvalue weighted by Crippen LogP contribution is 2.25. The molecule has 0 heterocycles. The van der Waals surface area contributed by atoms with E-state index in [1.165, 1.54) is 0 Å². The van der Waals surface area contributed by atoms with Crippen molar-refractivity contribution in [3.05, 3.63) is 27.7 Å². The predicted octanol–water partition coefficient (Wildman–Crippen LogP) is 3.56. The SMILES string of the molecule is CCCC(N)CC(=O)Nc1ccc(Br)cc1Cl. The standard InChI is InChI=1S/C12H16BrClN2O/c1-2-3-9(15)7-12(17)16-11-5-4-8(13)6-10(11)14/h4-6,9H,2-3,7,15H2,1H3,(H,16,17). The number of amides is 1. The average molecular weight is 320 g/mol. The van der Waals surface area contributed by atoms with Crippen molar-refractivity contribution in [3.8, 4) is 0 Å². The van der Waals surface area contributed by atoms with Gasteiger partial charge in [0.15, 0.2) is 0 Å². The Hall–Kier alpha value is -0.580. The number of nitrogens with two attached hydrogens (primary N) is 1. The van der Waals surface area contributed by atoms with Crippen LogP contribution in [-0.4, -0.2) is 11.9 Å². The van der Waals surface area contributed by atoms with Gasteiger partial charge in [0, 0.05) is 16.9 Å². The highest BCUT2D eigenvalue weighted by Gasteiger charge is 2.10. The summed E-state index contributed by atoms with van der Waals surface area (Å²) in [5.41, 5.74) is 6.41. The Bertz CT molecular complexity index is 398. The molecule has 0 aliphatic rings. The van der Waals surface area contributed by atoms with Crippen LogP contribution in [0.1, 0.15) is 26.2 Å². The van der Waals surface area contributed by atoms with E-state index in [1.54, 1.807) is 12.1 Å². The molecule has 0 aromatic heterocycles. The quantitative estimate of drug-likeness (QED) is 0.872. The zero-order chi connectivity index (χ0) is 12.8. The molecule has 1 rings (SSSR count). The minimum Gasteiger partial charge on any atom is -0.327 e. The van der Waals surface area contributed by atoms with E-state index in [-0.39, 0.29) is 11.9 Å². The summed E-state index contributed by atoms with van der Waals surface area (Å²) in [5.74, 6) is -0.102. The molecule has 0 aliphatic carbocycles. The summed E-state index contributed by atoms with van der Waals surface area (Å²) in [6.45, 7) is 2.04. The Labute approximate surface area is 115 Å². The molecule has 1 unspecified atom stereocenters. The Morgan fingerprint density at radius 2 is 2.29 bits per heavy atom. The normalized spacial score (nSPS) is 12.2. The van der Waals surface area contributed by atoms with Crippen LogP contribution in [0.15, 0.2) is 22.7 Å². The molecule has 5 heteroatoms. The zero-order valence-electron chi connectivity index (χ0n) is 9.67. The molecule has 0 fully saturated rings. The molecule has 0 bridgehead atoms. The summed E-state index contributed by atoms with van der Waals surface area (Å²) in [4.78, 5) is 11.7. The monoisotopic (exact) mass is 318 g/mol. The van der Waals surface area contributed by atoms with Crippen LogP contribution >= 0.6 is 27.5 Å². The minimum absolute atomic E-state index is 0.0887. The zero-order valence-corrected chi connectivity index (χ0v) is 12.0. The van der Waals surface area contributed by atoms with Gasteiger partial charge in [-0.1, -0.05) is 40.9 Å². The molecule has 0 radical (unpaired) electrons. The van der Waals surface area contributed by atoms with Gasteiger partial charge in [-0.2, -0.15) is 0 Å². The number of carbonyl (C=O) groups excluding carboxylic acids is 1. The van der Waals surface area contributed by atoms with E-state index >= 15 is 0 Å². The highest BCUT2D eigenvalue weighted by atomic mass is 79.9. The third-order valence-electron chi connectivity index (χ3n) is 2.31. The Kier molecular flexibility index (Phi) is 5.95. The lowest BCUT2D eigenvalue weighted by Gasteiger charge is -2.11. The van der Waals surface area contributed by atoms with Crippen molar-refractivity contribution < 1.29 is 4.79 Å². The van der Waals surface area contributed by atoms with Gasteiger partial charge in [0.1, 0.15) is 0 Å². The van der Waals surface area contributed by atoms with Gasteiger partial charge in [0.2, 0.25) is 5.91 Å². The second-order valence-corrected chi connectivity index (χ2v) is 5.25. The number of halogens is 2. The van der Waals surface area contributed by atoms with Crippen LogP contribution in [0.25, 0.3) is 0 Å². The summed E-state index contributed by atoms with van der Waals surface area (Å²) >= 11 is 9.30. The lowest BCUT2D eigenvalue weighted by Crippen LogP contribution is -2.26. The Morgan fingerprint density at radius 1 is 1.59 bits per heavy atom. The van der Waals surface area contributed by atoms with Gasteiger partial charge in [-0.05, 0) is 24.6 Å². The molecule has 17 heavy (non-hydrogen) atoms. The molecular formula is C12H16BrClN2O. The largest absolute Gasteiger partial charge is 0.327 e. The first-order valence-electron chi connectivity index (χ1n) is 5.53. The van der Waals surface area contributed by atoms with Crippen molar-refractivity contribution in [1.82, 2.24) is 0 Å². The van der Waals surface area contributed by atoms with Crippen LogP contribution in [0.2, 0.25) is 5.02 Å². The van der Waals surface area contributed by atoms with Crippen LogP contribution in [0.4, 0.5) is 5.69 Å². The summed E-state index contributed by atoms with van der Waals surface area (Å²) in [5, 5.41) is 3.27. The Balaban J connectivity index is 2.56. The van der Waals surface area contributed by atoms with Crippen molar-refractivity contribution in [1.29, 1.82) is 0 Å². The first-order valence-corrected chi connectivity index (χ1v) is 6.70. The van der Waals surface area contributed by atoms with E-state index < -0.39 is 0 Å². The van der Waals surface area contributed by atoms with Gasteiger partial charge in [0.05, 0.1) is 10.7 Å². The van der Waals surface area contributed by atoms with Crippen LogP contribution < -0.4 is 11.1 Å². The van der Waals surface area contributed by atoms with Crippen molar-refractivity contribution in [2.45, 2.75) is 32.2 Å². The van der Waals surface area contributed by atoms with E-state index in [2.05, 4.69) is 21.2 Å². The van der Waals surface area contributed by atoms with Gasteiger partial charge >= 0.3 is 0 Å². The Morgan fingerprint density at radius 3 is 2.88 bits per heavy atom. The average Bonchev–Trinajstić information content (AvgIpc) is 2.22. The van der Waals surface area contributed by atoms with Gasteiger partial charge in [-0.25, -0.2) is 0 Å². The van der Waals surface area contributed by atoms with E-state index in [0.717, 1.165) is 17.3 Å². The smallest absolute Gasteiger partial charge is 0.225 e. The number of rotatable bonds is 5. The third-order valence-corrected chi connectivity index (χ3v) is 3.12. The fourth-order valence-electron chi connectivity index (χ4n) is 1.50. The van der Waals surface area contributed by atoms with Crippen LogP contribution in [0, 0.1) is 0 Å². The predicted molar refractivity (Wildman–Crippen MR) is 75.3 cm³/mol. The van der Waals surface area contributed by atoms with E-state index in [9.17, 15) is 4.79 Å². The molecule has 1 atom stereocenters. The summed E-state index contributed by atoms with van der Waals surface area (Å²) < 4.78 is 0.878. The number of hydrogen-bond donors (Lipinski definition) is 2. The summed E-state index contributed by atoms with van der Waals surface area (Å²) in [6, 6.07) is 5.24. The molecule has 3 N–H and O–H groups in total. The molecule has 1 aromatic carbocycles. The third kappa shape index (κ3) is 5.06. The number of carbonyl (C=O) groups is 1. The molecule has 1 aromatic rings. The van der Waals surface area contributed by atoms with Crippen LogP contribution in [0.5, 0.6) is 0 Å². The first kappa shape index (κ1) is 14.5. The van der Waals surface area contributed by atoms with Crippen molar-refractivity contribution in [3.63, 3.8) is 0 Å².